The highest BCUT2D eigenvalue weighted by atomic mass is 35.5. The number of aliphatic hydroxyl groups excluding tert-OH is 2. The molecule has 0 aliphatic heterocycles. The van der Waals surface area contributed by atoms with Crippen LogP contribution >= 0.6 is 12.4 Å². The van der Waals surface area contributed by atoms with E-state index in [0.29, 0.717) is 12.8 Å². The van der Waals surface area contributed by atoms with Crippen LogP contribution in [0.25, 0.3) is 0 Å². The molecule has 0 bridgehead atoms. The van der Waals surface area contributed by atoms with Crippen LogP contribution in [0.4, 0.5) is 0 Å². The molecule has 3 fully saturated rings. The lowest BCUT2D eigenvalue weighted by Gasteiger charge is -2.59. The number of fused-ring (bicyclic) bond motifs is 5. The predicted octanol–water partition coefficient (Wildman–Crippen LogP) is 1.98. The quantitative estimate of drug-likeness (QED) is 0.663. The van der Waals surface area contributed by atoms with Crippen LogP contribution in [0.3, 0.4) is 0 Å². The van der Waals surface area contributed by atoms with Crippen molar-refractivity contribution in [1.29, 1.82) is 0 Å². The van der Waals surface area contributed by atoms with Gasteiger partial charge in [0.25, 0.3) is 0 Å². The third kappa shape index (κ3) is 2.55. The summed E-state index contributed by atoms with van der Waals surface area (Å²) in [5.41, 5.74) is -1.54. The van der Waals surface area contributed by atoms with Crippen molar-refractivity contribution in [2.24, 2.45) is 28.6 Å². The van der Waals surface area contributed by atoms with Gasteiger partial charge in [0.15, 0.2) is 11.6 Å². The first kappa shape index (κ1) is 20.7. The van der Waals surface area contributed by atoms with Gasteiger partial charge in [-0.25, -0.2) is 0 Å². The Morgan fingerprint density at radius 3 is 2.67 bits per heavy atom. The highest BCUT2D eigenvalue weighted by molar-refractivity contribution is 6.01. The molecule has 27 heavy (non-hydrogen) atoms. The fourth-order valence-electron chi connectivity index (χ4n) is 6.92. The smallest absolute Gasteiger partial charge is 0.190 e. The first-order valence-corrected chi connectivity index (χ1v) is 9.66. The molecule has 0 aromatic rings. The van der Waals surface area contributed by atoms with Crippen LogP contribution in [0.2, 0.25) is 0 Å². The summed E-state index contributed by atoms with van der Waals surface area (Å²) in [5, 5.41) is 31.7. The van der Waals surface area contributed by atoms with Crippen molar-refractivity contribution in [3.8, 4) is 0 Å². The average molecular weight is 397 g/mol. The Morgan fingerprint density at radius 2 is 2.00 bits per heavy atom. The fourth-order valence-corrected chi connectivity index (χ4v) is 6.92. The number of carbonyl (C=O) groups is 2. The highest BCUT2D eigenvalue weighted by Gasteiger charge is 2.67. The maximum absolute atomic E-state index is 12.4. The molecule has 0 aromatic carbocycles. The van der Waals surface area contributed by atoms with E-state index in [1.54, 1.807) is 12.2 Å². The number of aliphatic hydroxyl groups is 3. The summed E-state index contributed by atoms with van der Waals surface area (Å²) in [6.45, 7) is 3.34. The van der Waals surface area contributed by atoms with Gasteiger partial charge in [0.1, 0.15) is 12.2 Å². The number of ketones is 2. The van der Waals surface area contributed by atoms with Crippen molar-refractivity contribution in [3.05, 3.63) is 23.8 Å². The van der Waals surface area contributed by atoms with E-state index in [4.69, 9.17) is 0 Å². The van der Waals surface area contributed by atoms with E-state index in [9.17, 15) is 24.9 Å². The molecule has 0 radical (unpaired) electrons. The van der Waals surface area contributed by atoms with E-state index >= 15 is 0 Å². The van der Waals surface area contributed by atoms with Gasteiger partial charge in [0.2, 0.25) is 0 Å². The number of Topliss-reactive ketones (excluding diaryl/α,β-unsaturated/α-hetero) is 1. The lowest BCUT2D eigenvalue weighted by atomic mass is 9.46. The monoisotopic (exact) mass is 396 g/mol. The molecule has 0 saturated heterocycles. The molecule has 0 unspecified atom stereocenters. The Kier molecular flexibility index (Phi) is 5.00. The number of halogens is 1. The summed E-state index contributed by atoms with van der Waals surface area (Å²) in [4.78, 5) is 24.2. The summed E-state index contributed by atoms with van der Waals surface area (Å²) >= 11 is 0. The Labute approximate surface area is 165 Å². The summed E-state index contributed by atoms with van der Waals surface area (Å²) in [7, 11) is 0. The van der Waals surface area contributed by atoms with Gasteiger partial charge in [0.05, 0.1) is 6.10 Å². The van der Waals surface area contributed by atoms with Crippen molar-refractivity contribution in [2.75, 3.05) is 6.61 Å². The minimum absolute atomic E-state index is 0. The summed E-state index contributed by atoms with van der Waals surface area (Å²) in [6.07, 6.45) is 7.68. The Morgan fingerprint density at radius 1 is 1.30 bits per heavy atom. The number of hydrogen-bond donors (Lipinski definition) is 3. The van der Waals surface area contributed by atoms with Crippen LogP contribution in [0, 0.1) is 28.6 Å². The number of rotatable bonds is 2. The molecule has 3 saturated carbocycles. The Hall–Kier alpha value is -1.01. The molecule has 5 nitrogen and oxygen atoms in total. The van der Waals surface area contributed by atoms with Crippen molar-refractivity contribution in [3.63, 3.8) is 0 Å². The van der Waals surface area contributed by atoms with E-state index in [0.717, 1.165) is 24.8 Å². The lowest BCUT2D eigenvalue weighted by Crippen LogP contribution is -2.61. The van der Waals surface area contributed by atoms with Crippen LogP contribution in [-0.4, -0.2) is 45.2 Å². The van der Waals surface area contributed by atoms with Crippen molar-refractivity contribution < 1.29 is 24.9 Å². The highest BCUT2D eigenvalue weighted by Crippen LogP contribution is 2.67. The number of hydrogen-bond acceptors (Lipinski definition) is 5. The van der Waals surface area contributed by atoms with E-state index in [1.165, 1.54) is 0 Å². The molecular weight excluding hydrogens is 368 g/mol. The van der Waals surface area contributed by atoms with E-state index in [-0.39, 0.29) is 41.4 Å². The predicted molar refractivity (Wildman–Crippen MR) is 102 cm³/mol. The van der Waals surface area contributed by atoms with E-state index in [1.807, 2.05) is 13.0 Å². The minimum atomic E-state index is -1.56. The molecule has 0 amide bonds. The summed E-state index contributed by atoms with van der Waals surface area (Å²) in [6, 6.07) is 0. The zero-order chi connectivity index (χ0) is 18.9. The van der Waals surface area contributed by atoms with Crippen LogP contribution in [0.15, 0.2) is 23.8 Å². The van der Waals surface area contributed by atoms with Crippen LogP contribution in [0.5, 0.6) is 0 Å². The van der Waals surface area contributed by atoms with Crippen molar-refractivity contribution >= 4 is 24.0 Å². The number of carbonyl (C=O) groups excluding carboxylic acids is 2. The van der Waals surface area contributed by atoms with E-state index < -0.39 is 29.5 Å². The van der Waals surface area contributed by atoms with E-state index in [2.05, 4.69) is 6.92 Å². The SMILES string of the molecule is C[C@]12C=CC(=O)C=C1CC[C@@H]1[C@@H]2[C@@H](O)C[C@@]2(C)[C@H]1CC[C@]2(O)C(=O)CO.Cl. The summed E-state index contributed by atoms with van der Waals surface area (Å²) < 4.78 is 0. The molecule has 3 N–H and O–H groups in total. The van der Waals surface area contributed by atoms with Crippen LogP contribution in [0.1, 0.15) is 46.0 Å². The molecule has 6 heteroatoms. The molecule has 0 aromatic heterocycles. The number of allylic oxidation sites excluding steroid dienone is 4. The second kappa shape index (κ2) is 6.51. The van der Waals surface area contributed by atoms with Gasteiger partial charge >= 0.3 is 0 Å². The van der Waals surface area contributed by atoms with Crippen LogP contribution < -0.4 is 0 Å². The van der Waals surface area contributed by atoms with Crippen molar-refractivity contribution in [1.82, 2.24) is 0 Å². The maximum Gasteiger partial charge on any atom is 0.190 e. The zero-order valence-corrected chi connectivity index (χ0v) is 16.7. The zero-order valence-electron chi connectivity index (χ0n) is 15.9. The van der Waals surface area contributed by atoms with Gasteiger partial charge < -0.3 is 15.3 Å². The summed E-state index contributed by atoms with van der Waals surface area (Å²) in [5.74, 6) is -0.227. The Bertz CT molecular complexity index is 730. The Balaban J connectivity index is 0.00000210. The van der Waals surface area contributed by atoms with Gasteiger partial charge in [-0.2, -0.15) is 0 Å². The van der Waals surface area contributed by atoms with Gasteiger partial charge in [-0.3, -0.25) is 9.59 Å². The second-order valence-electron chi connectivity index (χ2n) is 9.19. The van der Waals surface area contributed by atoms with Crippen LogP contribution in [-0.2, 0) is 9.59 Å². The fraction of sp³-hybridized carbons (Fsp3) is 0.714. The molecule has 7 atom stereocenters. The average Bonchev–Trinajstić information content (AvgIpc) is 2.86. The minimum Gasteiger partial charge on any atom is -0.393 e. The third-order valence-electron chi connectivity index (χ3n) is 8.25. The molecule has 4 aliphatic carbocycles. The van der Waals surface area contributed by atoms with Gasteiger partial charge in [-0.05, 0) is 56.1 Å². The molecule has 4 rings (SSSR count). The normalized spacial score (nSPS) is 48.0. The molecular formula is C21H29ClO5. The largest absolute Gasteiger partial charge is 0.393 e. The third-order valence-corrected chi connectivity index (χ3v) is 8.25. The topological polar surface area (TPSA) is 94.8 Å². The second-order valence-corrected chi connectivity index (χ2v) is 9.19. The maximum atomic E-state index is 12.4. The van der Waals surface area contributed by atoms with Crippen molar-refractivity contribution in [2.45, 2.75) is 57.7 Å². The molecule has 0 spiro atoms. The first-order valence-electron chi connectivity index (χ1n) is 9.66. The van der Waals surface area contributed by atoms with Gasteiger partial charge in [-0.1, -0.05) is 25.5 Å². The molecule has 150 valence electrons. The first-order chi connectivity index (χ1) is 12.2. The lowest BCUT2D eigenvalue weighted by molar-refractivity contribution is -0.178. The van der Waals surface area contributed by atoms with Gasteiger partial charge in [-0.15, -0.1) is 12.4 Å². The molecule has 4 aliphatic rings. The molecule has 0 heterocycles. The standard InChI is InChI=1S/C21H28O5.ClH/c1-19-7-5-13(23)9-12(19)3-4-14-15-6-8-21(26,17(25)11-22)20(15,2)10-16(24)18(14)19;/h5,7,9,14-16,18,22,24,26H,3-4,6,8,10-11H2,1-2H3;1H/t14-,15-,16-,18+,19-,20-,21-;/m0./s1. The van der Waals surface area contributed by atoms with Gasteiger partial charge in [0, 0.05) is 16.7 Å².